The maximum absolute atomic E-state index is 12.3. The topological polar surface area (TPSA) is 84.7 Å². The van der Waals surface area contributed by atoms with Crippen LogP contribution in [0.1, 0.15) is 33.6 Å². The van der Waals surface area contributed by atoms with Gasteiger partial charge < -0.3 is 20.7 Å². The Morgan fingerprint density at radius 1 is 1.26 bits per heavy atom. The van der Waals surface area contributed by atoms with E-state index in [-0.39, 0.29) is 24.4 Å². The molecule has 0 fully saturated rings. The molecule has 6 heteroatoms. The summed E-state index contributed by atoms with van der Waals surface area (Å²) in [6.45, 7) is 6.54. The quantitative estimate of drug-likeness (QED) is 0.725. The molecule has 0 unspecified atom stereocenters. The van der Waals surface area contributed by atoms with E-state index in [2.05, 4.69) is 5.32 Å². The molecule has 2 amide bonds. The minimum atomic E-state index is -0.391. The number of nitrogens with zero attached hydrogens (tertiary/aromatic N) is 1. The van der Waals surface area contributed by atoms with Crippen LogP contribution in [0.15, 0.2) is 24.3 Å². The van der Waals surface area contributed by atoms with Gasteiger partial charge in [0, 0.05) is 24.2 Å². The zero-order valence-corrected chi connectivity index (χ0v) is 14.4. The molecule has 3 N–H and O–H groups in total. The number of carbonyl (C=O) groups excluding carboxylic acids is 2. The number of anilines is 1. The largest absolute Gasteiger partial charge is 0.497 e. The maximum atomic E-state index is 12.3. The molecule has 0 heterocycles. The molecule has 0 aromatic heterocycles. The lowest BCUT2D eigenvalue weighted by Crippen LogP contribution is -2.47. The second-order valence-electron chi connectivity index (χ2n) is 6.12. The molecule has 1 aromatic carbocycles. The van der Waals surface area contributed by atoms with E-state index in [4.69, 9.17) is 10.5 Å². The highest BCUT2D eigenvalue weighted by Crippen LogP contribution is 2.19. The number of hydrogen-bond donors (Lipinski definition) is 2. The van der Waals surface area contributed by atoms with Crippen LogP contribution in [0.3, 0.4) is 0 Å². The summed E-state index contributed by atoms with van der Waals surface area (Å²) in [5, 5.41) is 2.99. The van der Waals surface area contributed by atoms with Crippen molar-refractivity contribution in [3.8, 4) is 5.75 Å². The van der Waals surface area contributed by atoms with Gasteiger partial charge in [-0.15, -0.1) is 0 Å². The first kappa shape index (κ1) is 18.8. The van der Waals surface area contributed by atoms with Crippen LogP contribution in [0.5, 0.6) is 5.75 Å². The summed E-state index contributed by atoms with van der Waals surface area (Å²) in [6, 6.07) is 7.36. The van der Waals surface area contributed by atoms with Gasteiger partial charge in [-0.1, -0.05) is 6.92 Å². The summed E-state index contributed by atoms with van der Waals surface area (Å²) < 4.78 is 5.14. The van der Waals surface area contributed by atoms with Gasteiger partial charge in [0.1, 0.15) is 5.75 Å². The number of carbonyl (C=O) groups is 2. The van der Waals surface area contributed by atoms with Gasteiger partial charge in [-0.25, -0.2) is 0 Å². The van der Waals surface area contributed by atoms with E-state index in [0.717, 1.165) is 17.9 Å². The van der Waals surface area contributed by atoms with Crippen LogP contribution in [0.2, 0.25) is 0 Å². The number of primary amides is 1. The fourth-order valence-electron chi connectivity index (χ4n) is 2.02. The molecule has 0 aliphatic rings. The zero-order valence-electron chi connectivity index (χ0n) is 14.4. The second kappa shape index (κ2) is 8.41. The lowest BCUT2D eigenvalue weighted by molar-refractivity contribution is -0.122. The third kappa shape index (κ3) is 6.59. The predicted molar refractivity (Wildman–Crippen MR) is 91.5 cm³/mol. The molecule has 0 spiro atoms. The Bertz CT molecular complexity index is 526. The van der Waals surface area contributed by atoms with Gasteiger partial charge >= 0.3 is 0 Å². The van der Waals surface area contributed by atoms with Crippen LogP contribution < -0.4 is 20.7 Å². The Morgan fingerprint density at radius 2 is 1.87 bits per heavy atom. The van der Waals surface area contributed by atoms with E-state index in [9.17, 15) is 9.59 Å². The highest BCUT2D eigenvalue weighted by molar-refractivity contribution is 5.82. The van der Waals surface area contributed by atoms with E-state index in [1.807, 2.05) is 49.9 Å². The van der Waals surface area contributed by atoms with Crippen LogP contribution in [0.4, 0.5) is 5.69 Å². The molecular formula is C17H27N3O3. The number of methoxy groups -OCH3 is 1. The Labute approximate surface area is 138 Å². The smallest absolute Gasteiger partial charge is 0.239 e. The van der Waals surface area contributed by atoms with Crippen molar-refractivity contribution in [1.82, 2.24) is 5.32 Å². The number of nitrogens with one attached hydrogen (secondary N) is 1. The van der Waals surface area contributed by atoms with Crippen molar-refractivity contribution in [2.45, 2.75) is 39.2 Å². The molecule has 23 heavy (non-hydrogen) atoms. The SMILES string of the molecule is CCC(C)(C)NC(=O)CN(CCC(N)=O)c1ccc(OC)cc1. The van der Waals surface area contributed by atoms with Crippen molar-refractivity contribution in [2.75, 3.05) is 25.1 Å². The second-order valence-corrected chi connectivity index (χ2v) is 6.12. The van der Waals surface area contributed by atoms with E-state index >= 15 is 0 Å². The van der Waals surface area contributed by atoms with Crippen molar-refractivity contribution in [3.05, 3.63) is 24.3 Å². The summed E-state index contributed by atoms with van der Waals surface area (Å²) in [6.07, 6.45) is 1.03. The summed E-state index contributed by atoms with van der Waals surface area (Å²) in [7, 11) is 1.60. The molecule has 0 bridgehead atoms. The molecule has 0 saturated carbocycles. The summed E-state index contributed by atoms with van der Waals surface area (Å²) in [5.41, 5.74) is 5.82. The Morgan fingerprint density at radius 3 is 2.35 bits per heavy atom. The summed E-state index contributed by atoms with van der Waals surface area (Å²) in [5.74, 6) is 0.259. The van der Waals surface area contributed by atoms with E-state index in [0.29, 0.717) is 6.54 Å². The first-order valence-corrected chi connectivity index (χ1v) is 7.75. The van der Waals surface area contributed by atoms with Crippen molar-refractivity contribution < 1.29 is 14.3 Å². The minimum Gasteiger partial charge on any atom is -0.497 e. The summed E-state index contributed by atoms with van der Waals surface area (Å²) in [4.78, 5) is 25.2. The number of hydrogen-bond acceptors (Lipinski definition) is 4. The Kier molecular flexibility index (Phi) is 6.88. The normalized spacial score (nSPS) is 11.0. The fraction of sp³-hybridized carbons (Fsp3) is 0.529. The monoisotopic (exact) mass is 321 g/mol. The first-order valence-electron chi connectivity index (χ1n) is 7.75. The molecular weight excluding hydrogens is 294 g/mol. The number of amides is 2. The third-order valence-electron chi connectivity index (χ3n) is 3.76. The minimum absolute atomic E-state index is 0.0860. The fourth-order valence-corrected chi connectivity index (χ4v) is 2.02. The van der Waals surface area contributed by atoms with Crippen molar-refractivity contribution in [3.63, 3.8) is 0 Å². The predicted octanol–water partition coefficient (Wildman–Crippen LogP) is 1.68. The lowest BCUT2D eigenvalue weighted by atomic mass is 10.0. The van der Waals surface area contributed by atoms with Gasteiger partial charge in [0.2, 0.25) is 11.8 Å². The van der Waals surface area contributed by atoms with E-state index in [1.165, 1.54) is 0 Å². The van der Waals surface area contributed by atoms with Gasteiger partial charge in [-0.05, 0) is 44.5 Å². The van der Waals surface area contributed by atoms with Crippen LogP contribution in [-0.2, 0) is 9.59 Å². The molecule has 0 atom stereocenters. The van der Waals surface area contributed by atoms with Crippen LogP contribution >= 0.6 is 0 Å². The number of ether oxygens (including phenoxy) is 1. The zero-order chi connectivity index (χ0) is 17.5. The molecule has 1 aromatic rings. The highest BCUT2D eigenvalue weighted by atomic mass is 16.5. The van der Waals surface area contributed by atoms with Crippen molar-refractivity contribution >= 4 is 17.5 Å². The van der Waals surface area contributed by atoms with E-state index in [1.54, 1.807) is 7.11 Å². The molecule has 0 saturated heterocycles. The van der Waals surface area contributed by atoms with E-state index < -0.39 is 5.91 Å². The van der Waals surface area contributed by atoms with Gasteiger partial charge in [-0.3, -0.25) is 9.59 Å². The standard InChI is InChI=1S/C17H27N3O3/c1-5-17(2,3)19-16(22)12-20(11-10-15(18)21)13-6-8-14(23-4)9-7-13/h6-9H,5,10-12H2,1-4H3,(H2,18,21)(H,19,22). The molecule has 0 aliphatic heterocycles. The lowest BCUT2D eigenvalue weighted by Gasteiger charge is -2.28. The molecule has 0 radical (unpaired) electrons. The van der Waals surface area contributed by atoms with Crippen LogP contribution in [0.25, 0.3) is 0 Å². The van der Waals surface area contributed by atoms with Crippen LogP contribution in [0, 0.1) is 0 Å². The maximum Gasteiger partial charge on any atom is 0.239 e. The molecule has 1 rings (SSSR count). The van der Waals surface area contributed by atoms with Crippen molar-refractivity contribution in [1.29, 1.82) is 0 Å². The van der Waals surface area contributed by atoms with Crippen LogP contribution in [-0.4, -0.2) is 37.6 Å². The average molecular weight is 321 g/mol. The Hall–Kier alpha value is -2.24. The van der Waals surface area contributed by atoms with Gasteiger partial charge in [0.05, 0.1) is 13.7 Å². The highest BCUT2D eigenvalue weighted by Gasteiger charge is 2.20. The average Bonchev–Trinajstić information content (AvgIpc) is 2.51. The molecule has 0 aliphatic carbocycles. The Balaban J connectivity index is 2.82. The van der Waals surface area contributed by atoms with Gasteiger partial charge in [-0.2, -0.15) is 0 Å². The third-order valence-corrected chi connectivity index (χ3v) is 3.76. The molecule has 6 nitrogen and oxygen atoms in total. The first-order chi connectivity index (χ1) is 10.8. The van der Waals surface area contributed by atoms with Crippen molar-refractivity contribution in [2.24, 2.45) is 5.73 Å². The van der Waals surface area contributed by atoms with Gasteiger partial charge in [0.15, 0.2) is 0 Å². The number of nitrogens with two attached hydrogens (primary N) is 1. The van der Waals surface area contributed by atoms with Gasteiger partial charge in [0.25, 0.3) is 0 Å². The summed E-state index contributed by atoms with van der Waals surface area (Å²) >= 11 is 0. The number of benzene rings is 1. The number of rotatable bonds is 9. The molecule has 128 valence electrons.